The number of nitrogens with one attached hydrogen (secondary N) is 1. The minimum atomic E-state index is -0.0174. The maximum absolute atomic E-state index is 11.4. The normalized spacial score (nSPS) is 9.92. The zero-order chi connectivity index (χ0) is 10.4. The van der Waals surface area contributed by atoms with Gasteiger partial charge < -0.3 is 10.2 Å². The van der Waals surface area contributed by atoms with Crippen LogP contribution in [0.4, 0.5) is 4.79 Å². The lowest BCUT2D eigenvalue weighted by atomic mass is 10.2. The van der Waals surface area contributed by atoms with E-state index in [4.69, 9.17) is 0 Å². The Kier molecular flexibility index (Phi) is 5.19. The monoisotopic (exact) mass is 184 g/mol. The predicted octanol–water partition coefficient (Wildman–Crippen LogP) is 2.00. The smallest absolute Gasteiger partial charge is 0.317 e. The number of urea groups is 1. The molecule has 3 heteroatoms. The van der Waals surface area contributed by atoms with Crippen LogP contribution < -0.4 is 5.32 Å². The summed E-state index contributed by atoms with van der Waals surface area (Å²) in [5.74, 6) is 0. The third-order valence-corrected chi connectivity index (χ3v) is 1.88. The first-order valence-electron chi connectivity index (χ1n) is 4.61. The molecule has 0 spiro atoms. The molecule has 0 fully saturated rings. The van der Waals surface area contributed by atoms with Crippen LogP contribution in [0.15, 0.2) is 12.2 Å². The zero-order valence-corrected chi connectivity index (χ0v) is 9.05. The number of carbonyl (C=O) groups excluding carboxylic acids is 1. The van der Waals surface area contributed by atoms with Gasteiger partial charge in [0.05, 0.1) is 0 Å². The Labute approximate surface area is 80.8 Å². The molecule has 2 amide bonds. The summed E-state index contributed by atoms with van der Waals surface area (Å²) < 4.78 is 0. The molecule has 1 N–H and O–H groups in total. The number of amides is 2. The van der Waals surface area contributed by atoms with Gasteiger partial charge in [0.15, 0.2) is 0 Å². The maximum atomic E-state index is 11.4. The molecule has 3 nitrogen and oxygen atoms in total. The van der Waals surface area contributed by atoms with Crippen LogP contribution >= 0.6 is 0 Å². The van der Waals surface area contributed by atoms with Gasteiger partial charge in [-0.05, 0) is 27.2 Å². The van der Waals surface area contributed by atoms with Crippen molar-refractivity contribution in [2.75, 3.05) is 13.6 Å². The fourth-order valence-corrected chi connectivity index (χ4v) is 1.05. The molecule has 76 valence electrons. The number of nitrogens with zero attached hydrogens (tertiary/aromatic N) is 1. The van der Waals surface area contributed by atoms with Crippen LogP contribution in [0.3, 0.4) is 0 Å². The molecule has 0 saturated heterocycles. The number of hydrogen-bond donors (Lipinski definition) is 1. The topological polar surface area (TPSA) is 32.3 Å². The van der Waals surface area contributed by atoms with Crippen LogP contribution in [-0.2, 0) is 0 Å². The van der Waals surface area contributed by atoms with Crippen LogP contribution in [0, 0.1) is 0 Å². The van der Waals surface area contributed by atoms with Gasteiger partial charge in [-0.15, -0.1) is 6.58 Å². The first kappa shape index (κ1) is 12.0. The second-order valence-corrected chi connectivity index (χ2v) is 3.55. The Bertz CT molecular complexity index is 187. The number of rotatable bonds is 4. The standard InChI is InChI=1S/C10H20N2O/c1-8(2)6-7-12(9(3)4)10(13)11-5/h9H,1,6-7H2,2-5H3,(H,11,13). The Morgan fingerprint density at radius 1 is 1.54 bits per heavy atom. The van der Waals surface area contributed by atoms with Crippen molar-refractivity contribution in [1.29, 1.82) is 0 Å². The van der Waals surface area contributed by atoms with Crippen molar-refractivity contribution >= 4 is 6.03 Å². The van der Waals surface area contributed by atoms with Gasteiger partial charge in [0.25, 0.3) is 0 Å². The highest BCUT2D eigenvalue weighted by atomic mass is 16.2. The molecule has 0 saturated carbocycles. The highest BCUT2D eigenvalue weighted by molar-refractivity contribution is 5.74. The van der Waals surface area contributed by atoms with Crippen molar-refractivity contribution in [3.8, 4) is 0 Å². The van der Waals surface area contributed by atoms with Crippen molar-refractivity contribution in [1.82, 2.24) is 10.2 Å². The Hall–Kier alpha value is -0.990. The van der Waals surface area contributed by atoms with E-state index in [1.165, 1.54) is 0 Å². The van der Waals surface area contributed by atoms with E-state index in [1.54, 1.807) is 11.9 Å². The van der Waals surface area contributed by atoms with Crippen LogP contribution in [0.1, 0.15) is 27.2 Å². The quantitative estimate of drug-likeness (QED) is 0.666. The van der Waals surface area contributed by atoms with Crippen molar-refractivity contribution in [3.05, 3.63) is 12.2 Å². The molecule has 0 heterocycles. The van der Waals surface area contributed by atoms with Crippen LogP contribution in [-0.4, -0.2) is 30.6 Å². The summed E-state index contributed by atoms with van der Waals surface area (Å²) in [5, 5.41) is 2.63. The summed E-state index contributed by atoms with van der Waals surface area (Å²) in [7, 11) is 1.65. The summed E-state index contributed by atoms with van der Waals surface area (Å²) in [4.78, 5) is 13.2. The van der Waals surface area contributed by atoms with E-state index in [1.807, 2.05) is 20.8 Å². The van der Waals surface area contributed by atoms with Crippen LogP contribution in [0.2, 0.25) is 0 Å². The molecule has 13 heavy (non-hydrogen) atoms. The van der Waals surface area contributed by atoms with E-state index in [-0.39, 0.29) is 12.1 Å². The lowest BCUT2D eigenvalue weighted by Gasteiger charge is -2.26. The van der Waals surface area contributed by atoms with Gasteiger partial charge in [0.2, 0.25) is 0 Å². The molecule has 0 aromatic heterocycles. The summed E-state index contributed by atoms with van der Waals surface area (Å²) in [6.45, 7) is 10.5. The van der Waals surface area contributed by atoms with Crippen molar-refractivity contribution in [2.45, 2.75) is 33.2 Å². The van der Waals surface area contributed by atoms with Crippen molar-refractivity contribution in [2.24, 2.45) is 0 Å². The van der Waals surface area contributed by atoms with Gasteiger partial charge in [-0.25, -0.2) is 4.79 Å². The summed E-state index contributed by atoms with van der Waals surface area (Å²) in [5.41, 5.74) is 1.11. The molecule has 0 radical (unpaired) electrons. The van der Waals surface area contributed by atoms with Crippen LogP contribution in [0.5, 0.6) is 0 Å². The third kappa shape index (κ3) is 4.55. The van der Waals surface area contributed by atoms with Gasteiger partial charge in [0, 0.05) is 19.6 Å². The molecule has 0 aliphatic heterocycles. The van der Waals surface area contributed by atoms with E-state index in [9.17, 15) is 4.79 Å². The summed E-state index contributed by atoms with van der Waals surface area (Å²) >= 11 is 0. The highest BCUT2D eigenvalue weighted by Gasteiger charge is 2.14. The fourth-order valence-electron chi connectivity index (χ4n) is 1.05. The Morgan fingerprint density at radius 2 is 2.08 bits per heavy atom. The average molecular weight is 184 g/mol. The largest absolute Gasteiger partial charge is 0.341 e. The molecule has 0 aliphatic carbocycles. The molecule has 0 aliphatic rings. The van der Waals surface area contributed by atoms with Crippen molar-refractivity contribution < 1.29 is 4.79 Å². The SMILES string of the molecule is C=C(C)CCN(C(=O)NC)C(C)C. The van der Waals surface area contributed by atoms with E-state index < -0.39 is 0 Å². The molecular formula is C10H20N2O. The fraction of sp³-hybridized carbons (Fsp3) is 0.700. The van der Waals surface area contributed by atoms with Gasteiger partial charge in [-0.2, -0.15) is 0 Å². The van der Waals surface area contributed by atoms with E-state index >= 15 is 0 Å². The lowest BCUT2D eigenvalue weighted by molar-refractivity contribution is 0.186. The third-order valence-electron chi connectivity index (χ3n) is 1.88. The van der Waals surface area contributed by atoms with Gasteiger partial charge in [-0.1, -0.05) is 5.57 Å². The summed E-state index contributed by atoms with van der Waals surface area (Å²) in [6, 6.07) is 0.218. The molecule has 0 rings (SSSR count). The molecule has 0 aromatic rings. The van der Waals surface area contributed by atoms with Gasteiger partial charge >= 0.3 is 6.03 Å². The van der Waals surface area contributed by atoms with E-state index in [0.717, 1.165) is 18.5 Å². The van der Waals surface area contributed by atoms with Gasteiger partial charge in [-0.3, -0.25) is 0 Å². The highest BCUT2D eigenvalue weighted by Crippen LogP contribution is 2.04. The molecule has 0 unspecified atom stereocenters. The van der Waals surface area contributed by atoms with Crippen molar-refractivity contribution in [3.63, 3.8) is 0 Å². The number of carbonyl (C=O) groups is 1. The molecule has 0 bridgehead atoms. The lowest BCUT2D eigenvalue weighted by Crippen LogP contribution is -2.43. The van der Waals surface area contributed by atoms with E-state index in [2.05, 4.69) is 11.9 Å². The van der Waals surface area contributed by atoms with Gasteiger partial charge in [0.1, 0.15) is 0 Å². The first-order chi connectivity index (χ1) is 5.99. The Morgan fingerprint density at radius 3 is 2.38 bits per heavy atom. The molecule has 0 atom stereocenters. The van der Waals surface area contributed by atoms with Crippen LogP contribution in [0.25, 0.3) is 0 Å². The summed E-state index contributed by atoms with van der Waals surface area (Å²) in [6.07, 6.45) is 0.867. The minimum absolute atomic E-state index is 0.0174. The zero-order valence-electron chi connectivity index (χ0n) is 9.05. The number of hydrogen-bond acceptors (Lipinski definition) is 1. The predicted molar refractivity (Wildman–Crippen MR) is 55.7 cm³/mol. The molecular weight excluding hydrogens is 164 g/mol. The average Bonchev–Trinajstić information content (AvgIpc) is 2.03. The second kappa shape index (κ2) is 5.62. The minimum Gasteiger partial charge on any atom is -0.341 e. The molecule has 0 aromatic carbocycles. The Balaban J connectivity index is 4.10. The first-order valence-corrected chi connectivity index (χ1v) is 4.61. The second-order valence-electron chi connectivity index (χ2n) is 3.55. The maximum Gasteiger partial charge on any atom is 0.317 e. The van der Waals surface area contributed by atoms with E-state index in [0.29, 0.717) is 0 Å².